The zero-order valence-corrected chi connectivity index (χ0v) is 12.7. The highest BCUT2D eigenvalue weighted by molar-refractivity contribution is 6.69. The fraction of sp³-hybridized carbons (Fsp3) is 0.278. The first-order valence-electron chi connectivity index (χ1n) is 9.19. The van der Waals surface area contributed by atoms with Gasteiger partial charge in [0, 0.05) is 17.1 Å². The second kappa shape index (κ2) is 5.40. The lowest BCUT2D eigenvalue weighted by Gasteiger charge is -2.26. The Labute approximate surface area is 133 Å². The fourth-order valence-corrected chi connectivity index (χ4v) is 2.76. The number of aryl methyl sites for hydroxylation is 1. The number of benzene rings is 1. The number of pyridine rings is 1. The molecule has 1 aliphatic heterocycles. The molecule has 1 aromatic carbocycles. The van der Waals surface area contributed by atoms with Gasteiger partial charge in [-0.3, -0.25) is 4.81 Å². The van der Waals surface area contributed by atoms with Crippen molar-refractivity contribution < 1.29 is 10.1 Å². The Balaban J connectivity index is 2.15. The third-order valence-corrected chi connectivity index (χ3v) is 3.96. The lowest BCUT2D eigenvalue weighted by atomic mass is 9.60. The molecular formula is C18H22BN2+. The van der Waals surface area contributed by atoms with Crippen molar-refractivity contribution in [2.75, 3.05) is 4.81 Å². The summed E-state index contributed by atoms with van der Waals surface area (Å²) in [6, 6.07) is 11.7. The molecule has 1 aromatic heterocycles. The highest BCUT2D eigenvalue weighted by atomic mass is 15.2. The van der Waals surface area contributed by atoms with Gasteiger partial charge in [0.05, 0.1) is 13.2 Å². The number of para-hydroxylation sites is 1. The Bertz CT molecular complexity index is 830. The van der Waals surface area contributed by atoms with Crippen LogP contribution in [0.15, 0.2) is 48.6 Å². The average molecular weight is 281 g/mol. The number of rotatable bonds is 2. The van der Waals surface area contributed by atoms with Crippen LogP contribution in [-0.2, 0) is 7.05 Å². The van der Waals surface area contributed by atoms with Crippen LogP contribution in [0.2, 0.25) is 6.82 Å². The molecule has 0 saturated carbocycles. The molecule has 1 atom stereocenters. The van der Waals surface area contributed by atoms with Crippen LogP contribution < -0.4 is 9.38 Å². The molecule has 0 N–H and O–H groups in total. The van der Waals surface area contributed by atoms with Gasteiger partial charge in [0.2, 0.25) is 0 Å². The van der Waals surface area contributed by atoms with Gasteiger partial charge in [-0.15, -0.1) is 0 Å². The van der Waals surface area contributed by atoms with Gasteiger partial charge in [0.1, 0.15) is 5.69 Å². The Morgan fingerprint density at radius 2 is 2.14 bits per heavy atom. The molecule has 0 aliphatic carbocycles. The molecular weight excluding hydrogens is 255 g/mol. The van der Waals surface area contributed by atoms with Crippen LogP contribution >= 0.6 is 0 Å². The monoisotopic (exact) mass is 281 g/mol. The Morgan fingerprint density at radius 3 is 2.95 bits per heavy atom. The van der Waals surface area contributed by atoms with E-state index in [1.165, 1.54) is 6.92 Å². The smallest absolute Gasteiger partial charge is 0.287 e. The van der Waals surface area contributed by atoms with Crippen molar-refractivity contribution in [3.05, 3.63) is 59.7 Å². The van der Waals surface area contributed by atoms with Crippen molar-refractivity contribution in [2.24, 2.45) is 7.05 Å². The van der Waals surface area contributed by atoms with Gasteiger partial charge in [0.15, 0.2) is 0 Å². The summed E-state index contributed by atoms with van der Waals surface area (Å²) in [4.78, 5) is 2.18. The summed E-state index contributed by atoms with van der Waals surface area (Å²) >= 11 is 0. The van der Waals surface area contributed by atoms with E-state index < -0.39 is 12.7 Å². The predicted octanol–water partition coefficient (Wildman–Crippen LogP) is 3.96. The Hall–Kier alpha value is -2.03. The molecule has 106 valence electrons. The molecule has 1 aliphatic rings. The molecule has 0 bridgehead atoms. The number of anilines is 2. The van der Waals surface area contributed by atoms with Crippen LogP contribution in [-0.4, -0.2) is 6.85 Å². The maximum Gasteiger partial charge on any atom is 0.402 e. The zero-order valence-electron chi connectivity index (χ0n) is 16.7. The standard InChI is InChI=1S/C18H22BN2/c1-14(2)16-10-12-20(4)18(13-16)21-17-8-6-5-7-15(17)9-11-19(21)3/h5-14H,1-4H3/q+1/i1D3,14D. The largest absolute Gasteiger partial charge is 0.402 e. The first-order valence-corrected chi connectivity index (χ1v) is 7.19. The second-order valence-corrected chi connectivity index (χ2v) is 5.54. The summed E-state index contributed by atoms with van der Waals surface area (Å²) in [5.74, 6) is 1.33. The number of hydrogen-bond acceptors (Lipinski definition) is 1. The Kier molecular flexibility index (Phi) is 2.53. The van der Waals surface area contributed by atoms with Gasteiger partial charge in [0.25, 0.3) is 5.82 Å². The van der Waals surface area contributed by atoms with Gasteiger partial charge in [-0.1, -0.05) is 44.0 Å². The van der Waals surface area contributed by atoms with Gasteiger partial charge in [-0.2, -0.15) is 0 Å². The molecule has 3 rings (SSSR count). The van der Waals surface area contributed by atoms with E-state index in [0.29, 0.717) is 5.56 Å². The van der Waals surface area contributed by atoms with Gasteiger partial charge in [-0.25, -0.2) is 4.57 Å². The molecule has 2 nitrogen and oxygen atoms in total. The van der Waals surface area contributed by atoms with Gasteiger partial charge < -0.3 is 0 Å². The molecule has 0 radical (unpaired) electrons. The van der Waals surface area contributed by atoms with Crippen molar-refractivity contribution in [3.8, 4) is 0 Å². The molecule has 0 fully saturated rings. The first kappa shape index (κ1) is 9.83. The first-order chi connectivity index (χ1) is 11.6. The minimum absolute atomic E-state index is 0.126. The molecule has 2 heterocycles. The van der Waals surface area contributed by atoms with E-state index in [-0.39, 0.29) is 6.85 Å². The normalized spacial score (nSPS) is 20.0. The topological polar surface area (TPSA) is 7.12 Å². The number of hydrogen-bond donors (Lipinski definition) is 0. The quantitative estimate of drug-likeness (QED) is 0.597. The summed E-state index contributed by atoms with van der Waals surface area (Å²) in [6.07, 6.45) is 3.94. The highest BCUT2D eigenvalue weighted by Gasteiger charge is 2.33. The predicted molar refractivity (Wildman–Crippen MR) is 90.9 cm³/mol. The molecule has 0 spiro atoms. The van der Waals surface area contributed by atoms with E-state index in [0.717, 1.165) is 17.1 Å². The van der Waals surface area contributed by atoms with Crippen molar-refractivity contribution >= 4 is 24.4 Å². The minimum atomic E-state index is -2.39. The summed E-state index contributed by atoms with van der Waals surface area (Å²) in [5, 5.41) is 0. The van der Waals surface area contributed by atoms with E-state index in [1.807, 2.05) is 36.0 Å². The SMILES string of the molecule is [2H]C([2H])([2H])C([2H])(C)c1cc[n+](C)c(N2B(C)C=Cc3ccccc32)c1. The number of fused-ring (bicyclic) bond motifs is 1. The summed E-state index contributed by atoms with van der Waals surface area (Å²) < 4.78 is 33.5. The van der Waals surface area contributed by atoms with Crippen molar-refractivity contribution in [2.45, 2.75) is 26.5 Å². The summed E-state index contributed by atoms with van der Waals surface area (Å²) in [6.45, 7) is 1.28. The van der Waals surface area contributed by atoms with E-state index >= 15 is 0 Å². The van der Waals surface area contributed by atoms with Crippen LogP contribution in [0.5, 0.6) is 0 Å². The van der Waals surface area contributed by atoms with Crippen LogP contribution in [0.3, 0.4) is 0 Å². The van der Waals surface area contributed by atoms with Crippen LogP contribution in [0.25, 0.3) is 6.08 Å². The molecule has 1 unspecified atom stereocenters. The molecule has 3 heteroatoms. The lowest BCUT2D eigenvalue weighted by Crippen LogP contribution is -2.43. The van der Waals surface area contributed by atoms with Gasteiger partial charge >= 0.3 is 6.85 Å². The maximum absolute atomic E-state index is 8.39. The van der Waals surface area contributed by atoms with Crippen molar-refractivity contribution in [1.29, 1.82) is 0 Å². The second-order valence-electron chi connectivity index (χ2n) is 5.54. The summed E-state index contributed by atoms with van der Waals surface area (Å²) in [7, 11) is 1.93. The number of nitrogens with zero attached hydrogens (tertiary/aromatic N) is 2. The fourth-order valence-electron chi connectivity index (χ4n) is 2.76. The lowest BCUT2D eigenvalue weighted by molar-refractivity contribution is -0.658. The van der Waals surface area contributed by atoms with Crippen molar-refractivity contribution in [1.82, 2.24) is 0 Å². The molecule has 0 saturated heterocycles. The van der Waals surface area contributed by atoms with Crippen LogP contribution in [0.1, 0.15) is 36.3 Å². The van der Waals surface area contributed by atoms with E-state index in [9.17, 15) is 0 Å². The zero-order chi connectivity index (χ0) is 18.4. The van der Waals surface area contributed by atoms with Crippen LogP contribution in [0, 0.1) is 0 Å². The minimum Gasteiger partial charge on any atom is -0.287 e. The number of aromatic nitrogens is 1. The third kappa shape index (κ3) is 2.48. The third-order valence-electron chi connectivity index (χ3n) is 3.96. The maximum atomic E-state index is 8.39. The molecule has 2 aromatic rings. The van der Waals surface area contributed by atoms with E-state index in [4.69, 9.17) is 5.48 Å². The van der Waals surface area contributed by atoms with E-state index in [2.05, 4.69) is 35.8 Å². The Morgan fingerprint density at radius 1 is 1.33 bits per heavy atom. The average Bonchev–Trinajstić information content (AvgIpc) is 2.54. The van der Waals surface area contributed by atoms with Crippen molar-refractivity contribution in [3.63, 3.8) is 0 Å². The van der Waals surface area contributed by atoms with Crippen LogP contribution in [0.4, 0.5) is 11.5 Å². The van der Waals surface area contributed by atoms with E-state index in [1.54, 1.807) is 6.07 Å². The highest BCUT2D eigenvalue weighted by Crippen LogP contribution is 2.33. The van der Waals surface area contributed by atoms with Gasteiger partial charge in [-0.05, 0) is 30.4 Å². The molecule has 0 amide bonds. The molecule has 21 heavy (non-hydrogen) atoms. The summed E-state index contributed by atoms with van der Waals surface area (Å²) in [5.41, 5.74) is 2.68.